The van der Waals surface area contributed by atoms with Crippen LogP contribution in [-0.4, -0.2) is 256 Å². The minimum Gasteiger partial charge on any atom is -0.390 e. The summed E-state index contributed by atoms with van der Waals surface area (Å²) in [4.78, 5) is 170. The number of hydrogen-bond acceptors (Lipinski definition) is 51. The van der Waals surface area contributed by atoms with Crippen LogP contribution in [0.3, 0.4) is 0 Å². The van der Waals surface area contributed by atoms with Crippen molar-refractivity contribution < 1.29 is 141 Å². The molecule has 0 bridgehead atoms. The molecule has 2 heterocycles. The number of halogens is 8. The summed E-state index contributed by atoms with van der Waals surface area (Å²) in [5.74, 6) is -1.51. The van der Waals surface area contributed by atoms with Crippen LogP contribution in [0.25, 0.3) is 0 Å². The molecule has 14 unspecified atom stereocenters. The highest BCUT2D eigenvalue weighted by atomic mass is 79.9. The molecule has 2 rings (SSSR count). The molecule has 0 aromatic rings. The number of rotatable bonds is 47. The third-order valence-corrected chi connectivity index (χ3v) is 22.3. The Balaban J connectivity index is -0.000000283. The molecule has 73 heteroatoms. The first-order valence-electron chi connectivity index (χ1n) is 26.7. The highest BCUT2D eigenvalue weighted by Crippen LogP contribution is 2.23. The number of thiocyanates is 5. The minimum atomic E-state index is -3.59. The summed E-state index contributed by atoms with van der Waals surface area (Å²) in [5.41, 5.74) is 0. The van der Waals surface area contributed by atoms with E-state index in [-0.39, 0.29) is 67.3 Å². The SMILES string of the molecule is N#CSCC(O[N+](=O)[O-])C(CBr)O[N+](=O)[O-].N#CSCC(O[N+](=O)[O-])C(CSC#N)O[N+](=O)[O-].N#CSCCC(CSC#N)O[N+](=O)[O-].O=[N+]([O-])OC(CBr)C(CBr)O[N+](=O)[O-].O=[N+]([O-])OC(CBr)C(O)CBr.O=[N+]([O-])OC(CBr)CCBr.O=[N+]([O-])OC1CS(=O)(=O)CC1Br.O=[N+]([O-])OC1CS(=O)(=O)CC1O[N+](=O)[O-]. The fourth-order valence-corrected chi connectivity index (χ4v) is 17.0. The van der Waals surface area contributed by atoms with Crippen molar-refractivity contribution in [2.45, 2.75) is 97.0 Å². The highest BCUT2D eigenvalue weighted by Gasteiger charge is 2.43. The average Bonchev–Trinajstić information content (AvgIpc) is 1.67. The summed E-state index contributed by atoms with van der Waals surface area (Å²) in [7, 11) is -6.76. The van der Waals surface area contributed by atoms with Crippen molar-refractivity contribution >= 4 is 206 Å². The van der Waals surface area contributed by atoms with Crippen LogP contribution < -0.4 is 0 Å². The normalized spacial score (nSPS) is 17.3. The third kappa shape index (κ3) is 69.3. The Bertz CT molecular complexity index is 3210. The molecular weight excluding hydrogens is 2200 g/mol. The van der Waals surface area contributed by atoms with Crippen LogP contribution >= 0.6 is 186 Å². The molecule has 2 aliphatic rings. The van der Waals surface area contributed by atoms with E-state index in [1.54, 1.807) is 21.6 Å². The predicted octanol–water partition coefficient (Wildman–Crippen LogP) is 4.41. The Kier molecular flexibility index (Phi) is 71.7. The van der Waals surface area contributed by atoms with Gasteiger partial charge in [0.05, 0.1) is 33.9 Å². The van der Waals surface area contributed by atoms with Crippen LogP contribution in [-0.2, 0) is 77.7 Å². The Morgan fingerprint density at radius 3 is 0.873 bits per heavy atom. The van der Waals surface area contributed by atoms with E-state index < -0.39 is 170 Å². The van der Waals surface area contributed by atoms with Gasteiger partial charge in [-0.3, -0.25) is 0 Å². The van der Waals surface area contributed by atoms with Gasteiger partial charge in [0.15, 0.2) is 19.7 Å². The molecule has 0 saturated carbocycles. The quantitative estimate of drug-likeness (QED) is 0.0290. The van der Waals surface area contributed by atoms with Gasteiger partial charge in [-0.1, -0.05) is 127 Å². The van der Waals surface area contributed by atoms with Gasteiger partial charge in [0.1, 0.15) is 100 Å². The molecule has 0 aromatic heterocycles. The van der Waals surface area contributed by atoms with Gasteiger partial charge in [-0.2, -0.15) is 26.3 Å². The first-order valence-corrected chi connectivity index (χ1v) is 44.0. The first-order chi connectivity index (χ1) is 51.2. The van der Waals surface area contributed by atoms with E-state index in [1.807, 2.05) is 5.40 Å². The Morgan fingerprint density at radius 2 is 0.609 bits per heavy atom. The van der Waals surface area contributed by atoms with Gasteiger partial charge in [0.25, 0.3) is 61.0 Å². The van der Waals surface area contributed by atoms with Crippen LogP contribution in [0, 0.1) is 175 Å². The predicted molar refractivity (Wildman–Crippen MR) is 395 cm³/mol. The largest absolute Gasteiger partial charge is 0.390 e. The maximum absolute atomic E-state index is 11.0. The summed E-state index contributed by atoms with van der Waals surface area (Å²) in [6.07, 6.45) is -12.4. The molecule has 14 atom stereocenters. The summed E-state index contributed by atoms with van der Waals surface area (Å²) < 4.78 is 43.8. The fourth-order valence-electron chi connectivity index (χ4n) is 5.87. The topological polar surface area (TPSA) is 836 Å². The molecule has 2 fully saturated rings. The zero-order valence-electron chi connectivity index (χ0n) is 53.6. The first kappa shape index (κ1) is 114. The van der Waals surface area contributed by atoms with Crippen molar-refractivity contribution in [1.82, 2.24) is 0 Å². The van der Waals surface area contributed by atoms with E-state index in [4.69, 9.17) is 31.4 Å². The fraction of sp³-hybridized carbons (Fsp3) is 0.865. The molecule has 0 aliphatic carbocycles. The molecule has 0 amide bonds. The molecular formula is C37H51Br8N17O41S7. The lowest BCUT2D eigenvalue weighted by atomic mass is 10.2. The summed E-state index contributed by atoms with van der Waals surface area (Å²) in [6.45, 7) is 0. The number of alkyl halides is 8. The van der Waals surface area contributed by atoms with E-state index in [0.717, 1.165) is 23.5 Å². The van der Waals surface area contributed by atoms with Gasteiger partial charge in [0, 0.05) is 66.1 Å². The van der Waals surface area contributed by atoms with Gasteiger partial charge >= 0.3 is 0 Å². The number of nitrogens with zero attached hydrogens (tertiary/aromatic N) is 17. The third-order valence-electron chi connectivity index (χ3n) is 10.1. The van der Waals surface area contributed by atoms with Gasteiger partial charge in [-0.25, -0.2) is 16.8 Å². The van der Waals surface area contributed by atoms with Crippen molar-refractivity contribution in [2.75, 3.05) is 89.1 Å². The average molecular weight is 2250 g/mol. The monoisotopic (exact) mass is 2240 g/mol. The van der Waals surface area contributed by atoms with Crippen LogP contribution in [0.5, 0.6) is 0 Å². The second-order valence-corrected chi connectivity index (χ2v) is 31.8. The van der Waals surface area contributed by atoms with Crippen LogP contribution in [0.2, 0.25) is 0 Å². The Morgan fingerprint density at radius 1 is 0.345 bits per heavy atom. The van der Waals surface area contributed by atoms with Crippen molar-refractivity contribution in [3.63, 3.8) is 0 Å². The molecule has 1 N–H and O–H groups in total. The molecule has 110 heavy (non-hydrogen) atoms. The van der Waals surface area contributed by atoms with Gasteiger partial charge < -0.3 is 63.2 Å². The number of thioether (sulfide) groups is 5. The van der Waals surface area contributed by atoms with Gasteiger partial charge in [-0.15, -0.1) is 121 Å². The molecule has 0 radical (unpaired) electrons. The zero-order valence-corrected chi connectivity index (χ0v) is 72.0. The van der Waals surface area contributed by atoms with Crippen LogP contribution in [0.1, 0.15) is 12.8 Å². The van der Waals surface area contributed by atoms with Crippen LogP contribution in [0.15, 0.2) is 0 Å². The lowest BCUT2D eigenvalue weighted by Gasteiger charge is -2.21. The van der Waals surface area contributed by atoms with E-state index in [2.05, 4.69) is 185 Å². The summed E-state index contributed by atoms with van der Waals surface area (Å²) >= 11 is 27.8. The lowest BCUT2D eigenvalue weighted by Crippen LogP contribution is -2.38. The Hall–Kier alpha value is -6.70. The van der Waals surface area contributed by atoms with E-state index in [1.165, 1.54) is 0 Å². The van der Waals surface area contributed by atoms with Crippen molar-refractivity contribution in [2.24, 2.45) is 0 Å². The molecule has 58 nitrogen and oxygen atoms in total. The maximum atomic E-state index is 11.0. The summed E-state index contributed by atoms with van der Waals surface area (Å²) in [6, 6.07) is 0. The molecule has 0 aromatic carbocycles. The maximum Gasteiger partial charge on any atom is 0.294 e. The zero-order chi connectivity index (χ0) is 86.3. The highest BCUT2D eigenvalue weighted by molar-refractivity contribution is 9.10. The molecule has 2 saturated heterocycles. The number of aliphatic hydroxyl groups excluding tert-OH is 1. The van der Waals surface area contributed by atoms with Gasteiger partial charge in [-0.05, 0) is 71.7 Å². The number of sulfone groups is 2. The second-order valence-electron chi connectivity index (χ2n) is 17.6. The lowest BCUT2D eigenvalue weighted by molar-refractivity contribution is -0.796. The standard InChI is InChI=1S/C6H6N4O6S2.C6H7N3O3S2.C5H6BrN3O6S.C4H6Br2N2O6.C4H7Br2NO4.C4H7Br2NO3.C4H6BrNO5S.C4H6N2O8S/c7-3-17-1-5(15-9(11)12)6(2-18-4-8)16-10(13)14;7-4-13-2-1-6(3-14-5-8)12-9(10)11;6-1-4(14-8(10)11)5(2-16-3-7)15-9(12)13;5-1-3(13-7(9)10)4(2-6)14-8(11)12;5-1-3(8)4(2-6)11-7(9)10;5-2-1-4(3-6)10-7(8)9;5-3-1-12(9,10)2-4(3)11-6(7)8;7-5(8)13-3-1-15(11,12)2-4(3)14-6(9)10/h5-6H,1-2H2;6H,1-3H2;4-5H,1-2H2;3-4H,1-2H2;3-4,8H,1-2H2;4H,1-3H2;3-4H,1-2H2;3-4H,1-2H2. The van der Waals surface area contributed by atoms with Crippen LogP contribution in [0.4, 0.5) is 0 Å². The summed E-state index contributed by atoms with van der Waals surface area (Å²) in [5, 5.41) is 169. The number of aliphatic hydroxyl groups is 1. The molecule has 2 aliphatic heterocycles. The molecule has 0 spiro atoms. The van der Waals surface area contributed by atoms with E-state index in [9.17, 15) is 138 Å². The van der Waals surface area contributed by atoms with Crippen molar-refractivity contribution in [3.8, 4) is 27.0 Å². The number of nitriles is 5. The minimum absolute atomic E-state index is 0.0293. The van der Waals surface area contributed by atoms with Crippen molar-refractivity contribution in [3.05, 3.63) is 121 Å². The van der Waals surface area contributed by atoms with Crippen molar-refractivity contribution in [1.29, 1.82) is 26.3 Å². The Labute approximate surface area is 701 Å². The second kappa shape index (κ2) is 69.1. The van der Waals surface area contributed by atoms with Gasteiger partial charge in [0.2, 0.25) is 0 Å². The number of hydrogen-bond donors (Lipinski definition) is 1. The van der Waals surface area contributed by atoms with E-state index >= 15 is 0 Å². The molecule has 628 valence electrons. The van der Waals surface area contributed by atoms with E-state index in [0.29, 0.717) is 64.5 Å². The smallest absolute Gasteiger partial charge is 0.294 e.